The Bertz CT molecular complexity index is 617. The highest BCUT2D eigenvalue weighted by molar-refractivity contribution is 6.31. The Balaban J connectivity index is 2.10. The van der Waals surface area contributed by atoms with Crippen molar-refractivity contribution in [1.82, 2.24) is 0 Å². The van der Waals surface area contributed by atoms with Gasteiger partial charge in [-0.2, -0.15) is 0 Å². The number of benzene rings is 2. The molecule has 0 fully saturated rings. The smallest absolute Gasteiger partial charge is 0.323 e. The van der Waals surface area contributed by atoms with Gasteiger partial charge in [0.1, 0.15) is 11.5 Å². The number of urea groups is 1. The molecule has 5 nitrogen and oxygen atoms in total. The minimum atomic E-state index is -0.598. The number of rotatable bonds is 2. The molecule has 4 N–H and O–H groups in total. The lowest BCUT2D eigenvalue weighted by Gasteiger charge is -2.10. The zero-order valence-electron chi connectivity index (χ0n) is 9.72. The van der Waals surface area contributed by atoms with Crippen LogP contribution >= 0.6 is 11.6 Å². The third kappa shape index (κ3) is 3.29. The average molecular weight is 279 g/mol. The second-order valence-electron chi connectivity index (χ2n) is 3.76. The maximum Gasteiger partial charge on any atom is 0.323 e. The maximum atomic E-state index is 11.7. The molecule has 0 bridgehead atoms. The SMILES string of the molecule is O=C(Nc1ccccc1O)Nc1cc(Cl)ccc1O. The lowest BCUT2D eigenvalue weighted by Crippen LogP contribution is -2.19. The van der Waals surface area contributed by atoms with Gasteiger partial charge in [0.25, 0.3) is 0 Å². The van der Waals surface area contributed by atoms with Crippen molar-refractivity contribution in [2.75, 3.05) is 10.6 Å². The molecular weight excluding hydrogens is 268 g/mol. The Labute approximate surface area is 114 Å². The number of phenols is 2. The summed E-state index contributed by atoms with van der Waals surface area (Å²) < 4.78 is 0. The molecule has 2 aromatic carbocycles. The summed E-state index contributed by atoms with van der Waals surface area (Å²) in [6, 6.07) is 10.0. The normalized spacial score (nSPS) is 9.95. The number of aromatic hydroxyl groups is 2. The molecule has 98 valence electrons. The van der Waals surface area contributed by atoms with E-state index in [-0.39, 0.29) is 22.9 Å². The number of anilines is 2. The molecule has 0 heterocycles. The summed E-state index contributed by atoms with van der Waals surface area (Å²) in [4.78, 5) is 11.7. The molecule has 0 radical (unpaired) electrons. The maximum absolute atomic E-state index is 11.7. The third-order valence-electron chi connectivity index (χ3n) is 2.36. The average Bonchev–Trinajstić information content (AvgIpc) is 2.37. The molecule has 0 spiro atoms. The second-order valence-corrected chi connectivity index (χ2v) is 4.19. The lowest BCUT2D eigenvalue weighted by atomic mass is 10.3. The van der Waals surface area contributed by atoms with Crippen molar-refractivity contribution in [2.45, 2.75) is 0 Å². The highest BCUT2D eigenvalue weighted by Gasteiger charge is 2.08. The number of halogens is 1. The zero-order valence-corrected chi connectivity index (χ0v) is 10.5. The monoisotopic (exact) mass is 278 g/mol. The minimum Gasteiger partial charge on any atom is -0.506 e. The first-order valence-corrected chi connectivity index (χ1v) is 5.78. The van der Waals surface area contributed by atoms with Gasteiger partial charge in [-0.3, -0.25) is 0 Å². The van der Waals surface area contributed by atoms with E-state index in [0.29, 0.717) is 5.02 Å². The van der Waals surface area contributed by atoms with Gasteiger partial charge in [-0.15, -0.1) is 0 Å². The van der Waals surface area contributed by atoms with Crippen LogP contribution in [0.15, 0.2) is 42.5 Å². The molecule has 0 aliphatic heterocycles. The number of amides is 2. The molecular formula is C13H11ClN2O3. The predicted octanol–water partition coefficient (Wildman–Crippen LogP) is 3.40. The first-order chi connectivity index (χ1) is 9.06. The summed E-state index contributed by atoms with van der Waals surface area (Å²) >= 11 is 5.76. The number of hydrogen-bond acceptors (Lipinski definition) is 3. The molecule has 0 aliphatic carbocycles. The fourth-order valence-corrected chi connectivity index (χ4v) is 1.64. The van der Waals surface area contributed by atoms with Crippen molar-refractivity contribution in [3.05, 3.63) is 47.5 Å². The number of phenolic OH excluding ortho intramolecular Hbond substituents is 2. The van der Waals surface area contributed by atoms with Gasteiger partial charge >= 0.3 is 6.03 Å². The van der Waals surface area contributed by atoms with Gasteiger partial charge in [0.2, 0.25) is 0 Å². The van der Waals surface area contributed by atoms with Crippen LogP contribution in [0.3, 0.4) is 0 Å². The van der Waals surface area contributed by atoms with Gasteiger partial charge in [0.05, 0.1) is 11.4 Å². The molecule has 19 heavy (non-hydrogen) atoms. The van der Waals surface area contributed by atoms with Crippen molar-refractivity contribution in [2.24, 2.45) is 0 Å². The van der Waals surface area contributed by atoms with Crippen molar-refractivity contribution in [1.29, 1.82) is 0 Å². The van der Waals surface area contributed by atoms with Crippen LogP contribution in [0.5, 0.6) is 11.5 Å². The van der Waals surface area contributed by atoms with Gasteiger partial charge in [-0.1, -0.05) is 23.7 Å². The molecule has 0 aromatic heterocycles. The van der Waals surface area contributed by atoms with Crippen LogP contribution in [0.4, 0.5) is 16.2 Å². The van der Waals surface area contributed by atoms with Crippen molar-refractivity contribution in [3.8, 4) is 11.5 Å². The quantitative estimate of drug-likeness (QED) is 0.636. The molecule has 0 atom stereocenters. The summed E-state index contributed by atoms with van der Waals surface area (Å²) in [5.74, 6) is -0.148. The van der Waals surface area contributed by atoms with Crippen LogP contribution in [-0.4, -0.2) is 16.2 Å². The molecule has 0 saturated carbocycles. The summed E-state index contributed by atoms with van der Waals surface area (Å²) in [5.41, 5.74) is 0.446. The summed E-state index contributed by atoms with van der Waals surface area (Å²) in [5, 5.41) is 24.3. The Morgan fingerprint density at radius 1 is 0.947 bits per heavy atom. The highest BCUT2D eigenvalue weighted by atomic mass is 35.5. The first-order valence-electron chi connectivity index (χ1n) is 5.41. The van der Waals surface area contributed by atoms with Crippen LogP contribution in [-0.2, 0) is 0 Å². The van der Waals surface area contributed by atoms with Crippen LogP contribution in [0.25, 0.3) is 0 Å². The van der Waals surface area contributed by atoms with Crippen LogP contribution in [0.1, 0.15) is 0 Å². The Morgan fingerprint density at radius 2 is 1.58 bits per heavy atom. The number of hydrogen-bond donors (Lipinski definition) is 4. The van der Waals surface area contributed by atoms with E-state index in [1.807, 2.05) is 0 Å². The van der Waals surface area contributed by atoms with Gasteiger partial charge < -0.3 is 20.8 Å². The fourth-order valence-electron chi connectivity index (χ4n) is 1.46. The third-order valence-corrected chi connectivity index (χ3v) is 2.59. The van der Waals surface area contributed by atoms with E-state index in [2.05, 4.69) is 10.6 Å². The van der Waals surface area contributed by atoms with Gasteiger partial charge in [0, 0.05) is 5.02 Å². The Kier molecular flexibility index (Phi) is 3.77. The molecule has 2 amide bonds. The number of carbonyl (C=O) groups excluding carboxylic acids is 1. The number of carbonyl (C=O) groups is 1. The van der Waals surface area contributed by atoms with Crippen molar-refractivity contribution in [3.63, 3.8) is 0 Å². The van der Waals surface area contributed by atoms with Gasteiger partial charge in [0.15, 0.2) is 0 Å². The molecule has 2 aromatic rings. The largest absolute Gasteiger partial charge is 0.506 e. The Morgan fingerprint density at radius 3 is 2.32 bits per heavy atom. The minimum absolute atomic E-state index is 0.0482. The predicted molar refractivity (Wildman–Crippen MR) is 73.9 cm³/mol. The van der Waals surface area contributed by atoms with E-state index in [9.17, 15) is 15.0 Å². The van der Waals surface area contributed by atoms with Crippen LogP contribution in [0.2, 0.25) is 5.02 Å². The topological polar surface area (TPSA) is 81.6 Å². The standard InChI is InChI=1S/C13H11ClN2O3/c14-8-5-6-12(18)10(7-8)16-13(19)15-9-3-1-2-4-11(9)17/h1-7,17-18H,(H2,15,16,19). The lowest BCUT2D eigenvalue weighted by molar-refractivity contribution is 0.262. The number of nitrogens with one attached hydrogen (secondary N) is 2. The fraction of sp³-hybridized carbons (Fsp3) is 0. The van der Waals surface area contributed by atoms with E-state index < -0.39 is 6.03 Å². The van der Waals surface area contributed by atoms with Gasteiger partial charge in [-0.05, 0) is 30.3 Å². The van der Waals surface area contributed by atoms with E-state index in [1.165, 1.54) is 24.3 Å². The summed E-state index contributed by atoms with van der Waals surface area (Å²) in [6.45, 7) is 0. The first kappa shape index (κ1) is 13.0. The summed E-state index contributed by atoms with van der Waals surface area (Å²) in [6.07, 6.45) is 0. The van der Waals surface area contributed by atoms with E-state index >= 15 is 0 Å². The zero-order chi connectivity index (χ0) is 13.8. The molecule has 0 saturated heterocycles. The number of para-hydroxylation sites is 2. The summed E-state index contributed by atoms with van der Waals surface area (Å²) in [7, 11) is 0. The molecule has 6 heteroatoms. The van der Waals surface area contributed by atoms with Crippen molar-refractivity contribution >= 4 is 29.0 Å². The highest BCUT2D eigenvalue weighted by Crippen LogP contribution is 2.27. The van der Waals surface area contributed by atoms with E-state index in [4.69, 9.17) is 11.6 Å². The van der Waals surface area contributed by atoms with Crippen LogP contribution < -0.4 is 10.6 Å². The molecule has 2 rings (SSSR count). The molecule has 0 unspecified atom stereocenters. The van der Waals surface area contributed by atoms with Crippen molar-refractivity contribution < 1.29 is 15.0 Å². The van der Waals surface area contributed by atoms with Gasteiger partial charge in [-0.25, -0.2) is 4.79 Å². The van der Waals surface area contributed by atoms with Crippen LogP contribution in [0, 0.1) is 0 Å². The van der Waals surface area contributed by atoms with E-state index in [1.54, 1.807) is 18.2 Å². The Hall–Kier alpha value is -2.40. The molecule has 0 aliphatic rings. The second kappa shape index (κ2) is 5.49. The van der Waals surface area contributed by atoms with E-state index in [0.717, 1.165) is 0 Å².